The van der Waals surface area contributed by atoms with Crippen molar-refractivity contribution in [3.05, 3.63) is 52.5 Å². The van der Waals surface area contributed by atoms with Gasteiger partial charge in [0.1, 0.15) is 18.0 Å². The number of hydrogen-bond donors (Lipinski definition) is 1. The van der Waals surface area contributed by atoms with E-state index in [0.717, 1.165) is 54.8 Å². The molecule has 0 atom stereocenters. The highest BCUT2D eigenvalue weighted by atomic mass is 35.5. The van der Waals surface area contributed by atoms with Gasteiger partial charge in [-0.3, -0.25) is 0 Å². The van der Waals surface area contributed by atoms with Crippen molar-refractivity contribution in [2.45, 2.75) is 13.5 Å². The monoisotopic (exact) mass is 361 g/mol. The summed E-state index contributed by atoms with van der Waals surface area (Å²) in [6, 6.07) is 12.3. The van der Waals surface area contributed by atoms with Gasteiger partial charge in [0.15, 0.2) is 0 Å². The summed E-state index contributed by atoms with van der Waals surface area (Å²) in [5.74, 6) is 1.83. The quantitative estimate of drug-likeness (QED) is 0.886. The molecule has 2 aromatic carbocycles. The number of nitrogens with one attached hydrogen (secondary N) is 1. The topological polar surface area (TPSA) is 26.1 Å². The van der Waals surface area contributed by atoms with E-state index in [1.807, 2.05) is 18.2 Å². The van der Waals surface area contributed by atoms with Crippen molar-refractivity contribution < 1.29 is 14.4 Å². The van der Waals surface area contributed by atoms with E-state index in [1.54, 1.807) is 19.1 Å². The number of halogens is 1. The molecule has 0 unspecified atom stereocenters. The number of ether oxygens (including phenoxy) is 2. The Bertz CT molecular complexity index is 710. The van der Waals surface area contributed by atoms with Gasteiger partial charge in [0.2, 0.25) is 0 Å². The number of methoxy groups -OCH3 is 2. The zero-order valence-corrected chi connectivity index (χ0v) is 15.9. The summed E-state index contributed by atoms with van der Waals surface area (Å²) in [5.41, 5.74) is 3.57. The molecule has 3 rings (SSSR count). The first-order chi connectivity index (χ1) is 12.1. The fraction of sp³-hybridized carbons (Fsp3) is 0.400. The summed E-state index contributed by atoms with van der Waals surface area (Å²) in [4.78, 5) is 4.00. The lowest BCUT2D eigenvalue weighted by molar-refractivity contribution is -0.914. The van der Waals surface area contributed by atoms with Crippen LogP contribution in [-0.4, -0.2) is 40.4 Å². The normalized spacial score (nSPS) is 15.3. The Morgan fingerprint density at radius 3 is 2.28 bits per heavy atom. The molecule has 1 fully saturated rings. The summed E-state index contributed by atoms with van der Waals surface area (Å²) in [6.45, 7) is 7.34. The fourth-order valence-electron chi connectivity index (χ4n) is 3.55. The minimum Gasteiger partial charge on any atom is -0.496 e. The van der Waals surface area contributed by atoms with E-state index in [1.165, 1.54) is 11.3 Å². The van der Waals surface area contributed by atoms with Crippen LogP contribution in [0.2, 0.25) is 5.02 Å². The van der Waals surface area contributed by atoms with Gasteiger partial charge in [0.05, 0.1) is 40.4 Å². The van der Waals surface area contributed by atoms with Gasteiger partial charge in [-0.15, -0.1) is 0 Å². The molecule has 1 N–H and O–H groups in total. The van der Waals surface area contributed by atoms with Crippen molar-refractivity contribution in [3.63, 3.8) is 0 Å². The number of nitrogens with zero attached hydrogens (tertiary/aromatic N) is 1. The summed E-state index contributed by atoms with van der Waals surface area (Å²) in [7, 11) is 3.43. The van der Waals surface area contributed by atoms with Crippen molar-refractivity contribution in [1.82, 2.24) is 0 Å². The van der Waals surface area contributed by atoms with Crippen molar-refractivity contribution >= 4 is 17.3 Å². The average molecular weight is 362 g/mol. The zero-order valence-electron chi connectivity index (χ0n) is 15.1. The van der Waals surface area contributed by atoms with Crippen LogP contribution in [0.5, 0.6) is 11.5 Å². The van der Waals surface area contributed by atoms with Crippen LogP contribution in [0.4, 0.5) is 5.69 Å². The molecule has 0 bridgehead atoms. The Morgan fingerprint density at radius 1 is 1.00 bits per heavy atom. The summed E-state index contributed by atoms with van der Waals surface area (Å²) in [5, 5.41) is 0.787. The van der Waals surface area contributed by atoms with E-state index in [-0.39, 0.29) is 0 Å². The fourth-order valence-corrected chi connectivity index (χ4v) is 3.68. The Hall–Kier alpha value is -1.91. The Labute approximate surface area is 154 Å². The van der Waals surface area contributed by atoms with Crippen LogP contribution >= 0.6 is 11.6 Å². The maximum atomic E-state index is 5.98. The predicted molar refractivity (Wildman–Crippen MR) is 102 cm³/mol. The minimum absolute atomic E-state index is 0.787. The molecule has 1 saturated heterocycles. The Balaban J connectivity index is 1.64. The molecular weight excluding hydrogens is 336 g/mol. The van der Waals surface area contributed by atoms with Gasteiger partial charge in [-0.2, -0.15) is 0 Å². The van der Waals surface area contributed by atoms with Gasteiger partial charge in [-0.25, -0.2) is 0 Å². The van der Waals surface area contributed by atoms with E-state index in [4.69, 9.17) is 21.1 Å². The summed E-state index contributed by atoms with van der Waals surface area (Å²) >= 11 is 5.98. The first-order valence-corrected chi connectivity index (χ1v) is 9.04. The molecule has 0 saturated carbocycles. The van der Waals surface area contributed by atoms with Crippen LogP contribution in [0.25, 0.3) is 0 Å². The van der Waals surface area contributed by atoms with E-state index in [2.05, 4.69) is 30.0 Å². The second kappa shape index (κ2) is 7.98. The molecule has 0 aliphatic carbocycles. The third-order valence-electron chi connectivity index (χ3n) is 4.96. The first kappa shape index (κ1) is 17.9. The molecule has 1 aliphatic rings. The van der Waals surface area contributed by atoms with Crippen LogP contribution in [0.15, 0.2) is 36.4 Å². The van der Waals surface area contributed by atoms with E-state index in [9.17, 15) is 0 Å². The average Bonchev–Trinajstić information content (AvgIpc) is 2.63. The number of quaternary nitrogens is 1. The third kappa shape index (κ3) is 4.02. The molecule has 1 aliphatic heterocycles. The Kier molecular flexibility index (Phi) is 5.71. The molecule has 5 heteroatoms. The van der Waals surface area contributed by atoms with Gasteiger partial charge in [-0.05, 0) is 43.3 Å². The highest BCUT2D eigenvalue weighted by Gasteiger charge is 2.22. The SMILES string of the molecule is COc1ccc(C[NH+]2CCN(c3ccc(Cl)cc3)CC2)c(OC)c1C. The largest absolute Gasteiger partial charge is 0.496 e. The lowest BCUT2D eigenvalue weighted by Crippen LogP contribution is -3.13. The maximum absolute atomic E-state index is 5.98. The number of rotatable bonds is 5. The lowest BCUT2D eigenvalue weighted by Gasteiger charge is -2.34. The maximum Gasteiger partial charge on any atom is 0.134 e. The van der Waals surface area contributed by atoms with Gasteiger partial charge < -0.3 is 19.3 Å². The smallest absolute Gasteiger partial charge is 0.134 e. The highest BCUT2D eigenvalue weighted by Crippen LogP contribution is 2.30. The van der Waals surface area contributed by atoms with E-state index >= 15 is 0 Å². The predicted octanol–water partition coefficient (Wildman–Crippen LogP) is 2.57. The summed E-state index contributed by atoms with van der Waals surface area (Å²) in [6.07, 6.45) is 0. The molecule has 4 nitrogen and oxygen atoms in total. The lowest BCUT2D eigenvalue weighted by atomic mass is 10.1. The van der Waals surface area contributed by atoms with Gasteiger partial charge in [0.25, 0.3) is 0 Å². The van der Waals surface area contributed by atoms with Crippen molar-refractivity contribution in [3.8, 4) is 11.5 Å². The standard InChI is InChI=1S/C20H25ClN2O2/c1-15-19(24-2)9-4-16(20(15)25-3)14-22-10-12-23(13-11-22)18-7-5-17(21)6-8-18/h4-9H,10-14H2,1-3H3/p+1. The van der Waals surface area contributed by atoms with Crippen LogP contribution < -0.4 is 19.3 Å². The molecular formula is C20H26ClN2O2+. The van der Waals surface area contributed by atoms with Gasteiger partial charge >= 0.3 is 0 Å². The van der Waals surface area contributed by atoms with Crippen molar-refractivity contribution in [2.75, 3.05) is 45.3 Å². The third-order valence-corrected chi connectivity index (χ3v) is 5.22. The van der Waals surface area contributed by atoms with E-state index < -0.39 is 0 Å². The molecule has 0 radical (unpaired) electrons. The zero-order chi connectivity index (χ0) is 17.8. The van der Waals surface area contributed by atoms with Gasteiger partial charge in [0, 0.05) is 21.8 Å². The van der Waals surface area contributed by atoms with Crippen molar-refractivity contribution in [2.24, 2.45) is 0 Å². The molecule has 1 heterocycles. The number of benzene rings is 2. The van der Waals surface area contributed by atoms with E-state index in [0.29, 0.717) is 0 Å². The molecule has 0 spiro atoms. The van der Waals surface area contributed by atoms with Crippen LogP contribution in [0.3, 0.4) is 0 Å². The van der Waals surface area contributed by atoms with Crippen LogP contribution in [-0.2, 0) is 6.54 Å². The second-order valence-corrected chi connectivity index (χ2v) is 6.91. The minimum atomic E-state index is 0.787. The molecule has 0 aromatic heterocycles. The molecule has 0 amide bonds. The van der Waals surface area contributed by atoms with Gasteiger partial charge in [-0.1, -0.05) is 11.6 Å². The molecule has 134 valence electrons. The molecule has 25 heavy (non-hydrogen) atoms. The van der Waals surface area contributed by atoms with Crippen molar-refractivity contribution in [1.29, 1.82) is 0 Å². The van der Waals surface area contributed by atoms with Crippen LogP contribution in [0.1, 0.15) is 11.1 Å². The van der Waals surface area contributed by atoms with Crippen LogP contribution in [0, 0.1) is 6.92 Å². The summed E-state index contributed by atoms with van der Waals surface area (Å²) < 4.78 is 11.0. The molecule has 2 aromatic rings. The number of piperazine rings is 1. The number of hydrogen-bond acceptors (Lipinski definition) is 3. The number of anilines is 1. The second-order valence-electron chi connectivity index (χ2n) is 6.48. The highest BCUT2D eigenvalue weighted by molar-refractivity contribution is 6.30. The first-order valence-electron chi connectivity index (χ1n) is 8.67. The Morgan fingerprint density at radius 2 is 1.68 bits per heavy atom.